The molecule has 0 heterocycles. The number of likely N-dealkylation sites (N-methyl/N-ethyl adjacent to an activating group) is 1. The molecule has 0 aliphatic carbocycles. The monoisotopic (exact) mass is 722 g/mol. The minimum absolute atomic E-state index is 0.0357. The Morgan fingerprint density at radius 2 is 1.02 bits per heavy atom. The van der Waals surface area contributed by atoms with Crippen molar-refractivity contribution in [2.45, 2.75) is 193 Å². The zero-order chi connectivity index (χ0) is 37.8. The van der Waals surface area contributed by atoms with Gasteiger partial charge in [0.2, 0.25) is 0 Å². The molecule has 51 heavy (non-hydrogen) atoms. The Labute approximate surface area is 313 Å². The molecule has 2 unspecified atom stereocenters. The van der Waals surface area contributed by atoms with Gasteiger partial charge in [0, 0.05) is 19.3 Å². The first-order valence-electron chi connectivity index (χ1n) is 20.9. The number of unbranched alkanes of at least 4 members (excludes halogenated alkanes) is 20. The largest absolute Gasteiger partial charge is 0.544 e. The molecule has 2 atom stereocenters. The van der Waals surface area contributed by atoms with Gasteiger partial charge in [-0.05, 0) is 38.5 Å². The molecule has 8 heteroatoms. The van der Waals surface area contributed by atoms with Crippen LogP contribution in [-0.2, 0) is 28.6 Å². The van der Waals surface area contributed by atoms with Gasteiger partial charge in [-0.25, -0.2) is 0 Å². The molecule has 0 aromatic carbocycles. The highest BCUT2D eigenvalue weighted by atomic mass is 16.6. The second kappa shape index (κ2) is 34.9. The van der Waals surface area contributed by atoms with E-state index >= 15 is 0 Å². The lowest BCUT2D eigenvalue weighted by atomic mass is 10.1. The van der Waals surface area contributed by atoms with Gasteiger partial charge >= 0.3 is 11.9 Å². The summed E-state index contributed by atoms with van der Waals surface area (Å²) in [6, 6.07) is -0.725. The lowest BCUT2D eigenvalue weighted by molar-refractivity contribution is -0.889. The van der Waals surface area contributed by atoms with Crippen LogP contribution in [0.2, 0.25) is 0 Å². The Hall–Kier alpha value is -2.19. The van der Waals surface area contributed by atoms with Crippen molar-refractivity contribution in [2.75, 3.05) is 41.0 Å². The van der Waals surface area contributed by atoms with E-state index in [0.717, 1.165) is 51.4 Å². The number of quaternary nitrogens is 1. The molecular weight excluding hydrogens is 642 g/mol. The number of carboxylic acids is 1. The first-order valence-corrected chi connectivity index (χ1v) is 20.9. The molecule has 298 valence electrons. The number of ether oxygens (including phenoxy) is 3. The van der Waals surface area contributed by atoms with E-state index < -0.39 is 18.1 Å². The zero-order valence-corrected chi connectivity index (χ0v) is 33.8. The number of nitrogens with zero attached hydrogens (tertiary/aromatic N) is 1. The van der Waals surface area contributed by atoms with Crippen molar-refractivity contribution >= 4 is 17.9 Å². The highest BCUT2D eigenvalue weighted by Crippen LogP contribution is 2.14. The number of carbonyl (C=O) groups excluding carboxylic acids is 3. The predicted molar refractivity (Wildman–Crippen MR) is 208 cm³/mol. The summed E-state index contributed by atoms with van der Waals surface area (Å²) < 4.78 is 17.1. The fraction of sp³-hybridized carbons (Fsp3) is 0.837. The van der Waals surface area contributed by atoms with Crippen LogP contribution in [-0.4, -0.2) is 75.5 Å². The van der Waals surface area contributed by atoms with Crippen molar-refractivity contribution < 1.29 is 38.2 Å². The Morgan fingerprint density at radius 3 is 1.49 bits per heavy atom. The zero-order valence-electron chi connectivity index (χ0n) is 33.8. The summed E-state index contributed by atoms with van der Waals surface area (Å²) in [6.45, 7) is 4.62. The SMILES string of the molecule is CCCCCCCCC/C=C/C=C/CCCCCC(=O)OCC(COCCC(C(=O)[O-])[N+](C)(C)C)OC(=O)CCCCCCCCCCCCC. The third-order valence-electron chi connectivity index (χ3n) is 9.37. The predicted octanol–water partition coefficient (Wildman–Crippen LogP) is 9.58. The van der Waals surface area contributed by atoms with Crippen molar-refractivity contribution in [3.63, 3.8) is 0 Å². The normalized spacial score (nSPS) is 13.2. The molecule has 0 aromatic rings. The minimum atomic E-state index is -1.13. The molecule has 0 rings (SSSR count). The molecule has 0 aliphatic heterocycles. The van der Waals surface area contributed by atoms with Gasteiger partial charge in [0.1, 0.15) is 12.6 Å². The average molecular weight is 722 g/mol. The number of carbonyl (C=O) groups is 3. The van der Waals surface area contributed by atoms with Gasteiger partial charge in [0.15, 0.2) is 6.10 Å². The highest BCUT2D eigenvalue weighted by Gasteiger charge is 2.25. The van der Waals surface area contributed by atoms with E-state index in [0.29, 0.717) is 12.8 Å². The van der Waals surface area contributed by atoms with Crippen LogP contribution in [0.4, 0.5) is 0 Å². The molecule has 0 saturated heterocycles. The van der Waals surface area contributed by atoms with Crippen LogP contribution in [0.25, 0.3) is 0 Å². The molecule has 0 fully saturated rings. The third-order valence-corrected chi connectivity index (χ3v) is 9.37. The van der Waals surface area contributed by atoms with Crippen LogP contribution in [0.3, 0.4) is 0 Å². The maximum atomic E-state index is 12.6. The van der Waals surface area contributed by atoms with E-state index in [1.807, 2.05) is 0 Å². The summed E-state index contributed by atoms with van der Waals surface area (Å²) in [6.07, 6.45) is 36.3. The highest BCUT2D eigenvalue weighted by molar-refractivity contribution is 5.70. The van der Waals surface area contributed by atoms with Crippen LogP contribution >= 0.6 is 0 Å². The third kappa shape index (κ3) is 33.4. The summed E-state index contributed by atoms with van der Waals surface area (Å²) in [4.78, 5) is 36.7. The molecule has 0 N–H and O–H groups in total. The second-order valence-electron chi connectivity index (χ2n) is 15.3. The van der Waals surface area contributed by atoms with Crippen LogP contribution in [0, 0.1) is 0 Å². The van der Waals surface area contributed by atoms with Gasteiger partial charge in [0.05, 0.1) is 40.3 Å². The Bertz CT molecular complexity index is 895. The summed E-state index contributed by atoms with van der Waals surface area (Å²) >= 11 is 0. The summed E-state index contributed by atoms with van der Waals surface area (Å²) in [7, 11) is 5.39. The minimum Gasteiger partial charge on any atom is -0.544 e. The van der Waals surface area contributed by atoms with Gasteiger partial charge in [-0.15, -0.1) is 0 Å². The maximum absolute atomic E-state index is 12.6. The smallest absolute Gasteiger partial charge is 0.306 e. The van der Waals surface area contributed by atoms with Gasteiger partial charge in [-0.1, -0.05) is 147 Å². The van der Waals surface area contributed by atoms with E-state index in [9.17, 15) is 19.5 Å². The molecule has 0 radical (unpaired) electrons. The van der Waals surface area contributed by atoms with Crippen LogP contribution in [0.5, 0.6) is 0 Å². The quantitative estimate of drug-likeness (QED) is 0.0273. The van der Waals surface area contributed by atoms with Gasteiger partial charge in [-0.2, -0.15) is 0 Å². The standard InChI is InChI=1S/C43H79NO7/c1-6-8-10-12-14-16-18-19-20-21-22-24-25-27-29-31-33-41(45)50-38-39(37-49-36-35-40(43(47)48)44(3,4)5)51-42(46)34-32-30-28-26-23-17-15-13-11-9-7-2/h20-22,24,39-40H,6-19,23,25-38H2,1-5H3/b21-20+,24-22+. The fourth-order valence-electron chi connectivity index (χ4n) is 6.06. The van der Waals surface area contributed by atoms with Gasteiger partial charge < -0.3 is 28.6 Å². The van der Waals surface area contributed by atoms with Crippen LogP contribution in [0.1, 0.15) is 181 Å². The number of allylic oxidation sites excluding steroid dienone is 4. The molecular formula is C43H79NO7. The summed E-state index contributed by atoms with van der Waals surface area (Å²) in [5.74, 6) is -1.76. The van der Waals surface area contributed by atoms with Crippen molar-refractivity contribution in [3.8, 4) is 0 Å². The molecule has 0 aromatic heterocycles. The average Bonchev–Trinajstić information content (AvgIpc) is 3.08. The van der Waals surface area contributed by atoms with Crippen molar-refractivity contribution in [1.82, 2.24) is 0 Å². The van der Waals surface area contributed by atoms with Crippen molar-refractivity contribution in [2.24, 2.45) is 0 Å². The van der Waals surface area contributed by atoms with E-state index in [2.05, 4.69) is 38.2 Å². The first-order chi connectivity index (χ1) is 24.6. The number of carboxylic acid groups (broad SMARTS) is 1. The lowest BCUT2D eigenvalue weighted by Crippen LogP contribution is -2.55. The summed E-state index contributed by atoms with van der Waals surface area (Å²) in [5, 5.41) is 11.6. The van der Waals surface area contributed by atoms with E-state index in [1.165, 1.54) is 96.3 Å². The van der Waals surface area contributed by atoms with Crippen LogP contribution in [0.15, 0.2) is 24.3 Å². The van der Waals surface area contributed by atoms with E-state index in [4.69, 9.17) is 14.2 Å². The number of hydrogen-bond acceptors (Lipinski definition) is 7. The van der Waals surface area contributed by atoms with Crippen LogP contribution < -0.4 is 5.11 Å². The molecule has 8 nitrogen and oxygen atoms in total. The lowest BCUT2D eigenvalue weighted by Gasteiger charge is -2.34. The summed E-state index contributed by atoms with van der Waals surface area (Å²) in [5.41, 5.74) is 0. The van der Waals surface area contributed by atoms with E-state index in [1.54, 1.807) is 21.1 Å². The van der Waals surface area contributed by atoms with Gasteiger partial charge in [-0.3, -0.25) is 9.59 Å². The second-order valence-corrected chi connectivity index (χ2v) is 15.3. The Morgan fingerprint density at radius 1 is 0.588 bits per heavy atom. The number of rotatable bonds is 37. The molecule has 0 aliphatic rings. The molecule has 0 saturated carbocycles. The van der Waals surface area contributed by atoms with Gasteiger partial charge in [0.25, 0.3) is 0 Å². The number of esters is 2. The Kier molecular flexibility index (Phi) is 33.4. The fourth-order valence-corrected chi connectivity index (χ4v) is 6.06. The number of hydrogen-bond donors (Lipinski definition) is 0. The maximum Gasteiger partial charge on any atom is 0.306 e. The number of aliphatic carboxylic acids is 1. The van der Waals surface area contributed by atoms with Crippen molar-refractivity contribution in [1.29, 1.82) is 0 Å². The molecule has 0 amide bonds. The first kappa shape index (κ1) is 48.8. The topological polar surface area (TPSA) is 102 Å². The Balaban J connectivity index is 4.40. The molecule has 0 spiro atoms. The van der Waals surface area contributed by atoms with E-state index in [-0.39, 0.29) is 42.7 Å². The molecule has 0 bridgehead atoms. The van der Waals surface area contributed by atoms with Crippen molar-refractivity contribution in [3.05, 3.63) is 24.3 Å².